The summed E-state index contributed by atoms with van der Waals surface area (Å²) < 4.78 is 2.24. The molecule has 7 heteroatoms. The predicted molar refractivity (Wildman–Crippen MR) is 104 cm³/mol. The van der Waals surface area contributed by atoms with Crippen molar-refractivity contribution in [3.8, 4) is 0 Å². The number of rotatable bonds is 6. The second-order valence-corrected chi connectivity index (χ2v) is 7.79. The number of imidazole rings is 1. The Bertz CT molecular complexity index is 827. The van der Waals surface area contributed by atoms with E-state index in [0.717, 1.165) is 67.0 Å². The van der Waals surface area contributed by atoms with Crippen molar-refractivity contribution in [2.24, 2.45) is 0 Å². The first-order chi connectivity index (χ1) is 12.8. The fourth-order valence-corrected chi connectivity index (χ4v) is 4.50. The van der Waals surface area contributed by atoms with Crippen molar-refractivity contribution in [1.29, 1.82) is 0 Å². The summed E-state index contributed by atoms with van der Waals surface area (Å²) in [5.41, 5.74) is 1.06. The van der Waals surface area contributed by atoms with Crippen LogP contribution in [-0.2, 0) is 13.0 Å². The Morgan fingerprint density at radius 2 is 2.15 bits per heavy atom. The average molecular weight is 369 g/mol. The number of nitrogens with zero attached hydrogens (tertiary/aromatic N) is 6. The maximum Gasteiger partial charge on any atom is 0.208 e. The number of anilines is 1. The van der Waals surface area contributed by atoms with E-state index >= 15 is 0 Å². The highest BCUT2D eigenvalue weighted by Gasteiger charge is 2.26. The van der Waals surface area contributed by atoms with Gasteiger partial charge in [0, 0.05) is 44.0 Å². The zero-order chi connectivity index (χ0) is 17.8. The SMILES string of the molecule is CCCc1nnc(N2CCC[C@H](c3nccn3Cc3ccccn3)C2)s1. The third kappa shape index (κ3) is 3.77. The lowest BCUT2D eigenvalue weighted by atomic mass is 9.97. The molecule has 1 aliphatic heterocycles. The molecule has 1 saturated heterocycles. The minimum atomic E-state index is 0.418. The van der Waals surface area contributed by atoms with Gasteiger partial charge in [0.1, 0.15) is 10.8 Å². The van der Waals surface area contributed by atoms with Gasteiger partial charge in [-0.25, -0.2) is 4.98 Å². The van der Waals surface area contributed by atoms with Crippen molar-refractivity contribution in [3.05, 3.63) is 53.3 Å². The van der Waals surface area contributed by atoms with Crippen LogP contribution in [-0.4, -0.2) is 37.8 Å². The quantitative estimate of drug-likeness (QED) is 0.666. The number of hydrogen-bond acceptors (Lipinski definition) is 6. The van der Waals surface area contributed by atoms with E-state index < -0.39 is 0 Å². The third-order valence-corrected chi connectivity index (χ3v) is 5.83. The van der Waals surface area contributed by atoms with Crippen LogP contribution in [0.5, 0.6) is 0 Å². The summed E-state index contributed by atoms with van der Waals surface area (Å²) in [6.45, 7) is 4.96. The number of aryl methyl sites for hydroxylation is 1. The molecule has 0 spiro atoms. The van der Waals surface area contributed by atoms with Gasteiger partial charge in [0.2, 0.25) is 5.13 Å². The fourth-order valence-electron chi connectivity index (χ4n) is 3.53. The van der Waals surface area contributed by atoms with E-state index in [4.69, 9.17) is 0 Å². The van der Waals surface area contributed by atoms with E-state index in [1.54, 1.807) is 11.3 Å². The molecule has 136 valence electrons. The molecule has 0 amide bonds. The van der Waals surface area contributed by atoms with Gasteiger partial charge < -0.3 is 9.47 Å². The molecule has 0 unspecified atom stereocenters. The number of hydrogen-bond donors (Lipinski definition) is 0. The van der Waals surface area contributed by atoms with Gasteiger partial charge in [0.15, 0.2) is 0 Å². The van der Waals surface area contributed by atoms with Gasteiger partial charge in [-0.1, -0.05) is 24.3 Å². The lowest BCUT2D eigenvalue weighted by Gasteiger charge is -2.32. The van der Waals surface area contributed by atoms with E-state index in [1.165, 1.54) is 0 Å². The molecule has 3 aromatic rings. The van der Waals surface area contributed by atoms with Crippen LogP contribution in [0.1, 0.15) is 48.6 Å². The van der Waals surface area contributed by atoms with Crippen molar-refractivity contribution < 1.29 is 0 Å². The van der Waals surface area contributed by atoms with Crippen LogP contribution in [0, 0.1) is 0 Å². The summed E-state index contributed by atoms with van der Waals surface area (Å²) in [5, 5.41) is 11.0. The van der Waals surface area contributed by atoms with Crippen molar-refractivity contribution in [2.45, 2.75) is 45.1 Å². The van der Waals surface area contributed by atoms with Crippen LogP contribution < -0.4 is 4.90 Å². The Kier molecular flexibility index (Phi) is 5.24. The van der Waals surface area contributed by atoms with Crippen molar-refractivity contribution in [1.82, 2.24) is 24.7 Å². The van der Waals surface area contributed by atoms with E-state index in [1.807, 2.05) is 24.5 Å². The maximum absolute atomic E-state index is 4.67. The molecule has 0 saturated carbocycles. The first-order valence-electron chi connectivity index (χ1n) is 9.31. The van der Waals surface area contributed by atoms with Gasteiger partial charge in [-0.15, -0.1) is 10.2 Å². The standard InChI is InChI=1S/C19H24N6S/c1-2-6-17-22-23-19(26-17)25-11-5-7-15(13-25)18-21-10-12-24(18)14-16-8-3-4-9-20-16/h3-4,8-10,12,15H,2,5-7,11,13-14H2,1H3/t15-/m0/s1. The van der Waals surface area contributed by atoms with Gasteiger partial charge in [-0.3, -0.25) is 4.98 Å². The van der Waals surface area contributed by atoms with Gasteiger partial charge in [-0.05, 0) is 31.4 Å². The fraction of sp³-hybridized carbons (Fsp3) is 0.474. The Hall–Kier alpha value is -2.28. The monoisotopic (exact) mass is 368 g/mol. The summed E-state index contributed by atoms with van der Waals surface area (Å²) in [5.74, 6) is 1.57. The number of piperidine rings is 1. The van der Waals surface area contributed by atoms with Crippen LogP contribution in [0.25, 0.3) is 0 Å². The molecule has 0 radical (unpaired) electrons. The molecular formula is C19H24N6S. The minimum Gasteiger partial charge on any atom is -0.346 e. The third-order valence-electron chi connectivity index (χ3n) is 4.78. The lowest BCUT2D eigenvalue weighted by molar-refractivity contribution is 0.474. The van der Waals surface area contributed by atoms with Crippen LogP contribution >= 0.6 is 11.3 Å². The first-order valence-corrected chi connectivity index (χ1v) is 10.1. The predicted octanol–water partition coefficient (Wildman–Crippen LogP) is 3.51. The summed E-state index contributed by atoms with van der Waals surface area (Å²) in [4.78, 5) is 11.5. The topological polar surface area (TPSA) is 59.7 Å². The zero-order valence-corrected chi connectivity index (χ0v) is 15.9. The second-order valence-electron chi connectivity index (χ2n) is 6.75. The molecule has 4 rings (SSSR count). The molecule has 0 aliphatic carbocycles. The second kappa shape index (κ2) is 7.95. The van der Waals surface area contributed by atoms with Crippen LogP contribution in [0.15, 0.2) is 36.8 Å². The smallest absolute Gasteiger partial charge is 0.208 e. The summed E-state index contributed by atoms with van der Waals surface area (Å²) in [7, 11) is 0. The molecular weight excluding hydrogens is 344 g/mol. The molecule has 6 nitrogen and oxygen atoms in total. The molecule has 0 N–H and O–H groups in total. The highest BCUT2D eigenvalue weighted by atomic mass is 32.1. The maximum atomic E-state index is 4.67. The lowest BCUT2D eigenvalue weighted by Crippen LogP contribution is -2.35. The molecule has 1 atom stereocenters. The van der Waals surface area contributed by atoms with Gasteiger partial charge in [-0.2, -0.15) is 0 Å². The Balaban J connectivity index is 1.49. The Morgan fingerprint density at radius 1 is 1.19 bits per heavy atom. The molecule has 1 aliphatic rings. The summed E-state index contributed by atoms with van der Waals surface area (Å²) >= 11 is 1.74. The largest absolute Gasteiger partial charge is 0.346 e. The normalized spacial score (nSPS) is 17.6. The summed E-state index contributed by atoms with van der Waals surface area (Å²) in [6.07, 6.45) is 10.3. The van der Waals surface area contributed by atoms with Crippen LogP contribution in [0.2, 0.25) is 0 Å². The van der Waals surface area contributed by atoms with Gasteiger partial charge in [0.05, 0.1) is 12.2 Å². The van der Waals surface area contributed by atoms with Gasteiger partial charge >= 0.3 is 0 Å². The number of aromatic nitrogens is 5. The highest BCUT2D eigenvalue weighted by Crippen LogP contribution is 2.31. The Morgan fingerprint density at radius 3 is 3.00 bits per heavy atom. The highest BCUT2D eigenvalue weighted by molar-refractivity contribution is 7.15. The van der Waals surface area contributed by atoms with Crippen LogP contribution in [0.4, 0.5) is 5.13 Å². The van der Waals surface area contributed by atoms with Crippen molar-refractivity contribution in [3.63, 3.8) is 0 Å². The number of pyridine rings is 1. The molecule has 0 aromatic carbocycles. The molecule has 4 heterocycles. The van der Waals surface area contributed by atoms with E-state index in [-0.39, 0.29) is 0 Å². The van der Waals surface area contributed by atoms with E-state index in [9.17, 15) is 0 Å². The molecule has 0 bridgehead atoms. The summed E-state index contributed by atoms with van der Waals surface area (Å²) in [6, 6.07) is 6.05. The molecule has 3 aromatic heterocycles. The average Bonchev–Trinajstić information content (AvgIpc) is 3.33. The molecule has 1 fully saturated rings. The van der Waals surface area contributed by atoms with E-state index in [0.29, 0.717) is 5.92 Å². The van der Waals surface area contributed by atoms with Crippen molar-refractivity contribution >= 4 is 16.5 Å². The van der Waals surface area contributed by atoms with Gasteiger partial charge in [0.25, 0.3) is 0 Å². The minimum absolute atomic E-state index is 0.418. The van der Waals surface area contributed by atoms with E-state index in [2.05, 4.69) is 48.8 Å². The zero-order valence-electron chi connectivity index (χ0n) is 15.1. The Labute approximate surface area is 157 Å². The van der Waals surface area contributed by atoms with Crippen LogP contribution in [0.3, 0.4) is 0 Å². The van der Waals surface area contributed by atoms with Crippen molar-refractivity contribution in [2.75, 3.05) is 18.0 Å². The first kappa shape index (κ1) is 17.1. The molecule has 26 heavy (non-hydrogen) atoms.